The summed E-state index contributed by atoms with van der Waals surface area (Å²) >= 11 is 0. The largest absolute Gasteiger partial charge is 0.394 e. The van der Waals surface area contributed by atoms with Gasteiger partial charge in [0.1, 0.15) is 12.7 Å². The lowest BCUT2D eigenvalue weighted by molar-refractivity contribution is -0.195. The zero-order chi connectivity index (χ0) is 10.4. The van der Waals surface area contributed by atoms with Crippen molar-refractivity contribution in [1.29, 1.82) is 0 Å². The van der Waals surface area contributed by atoms with Crippen LogP contribution in [-0.4, -0.2) is 47.0 Å². The molecule has 14 heavy (non-hydrogen) atoms. The van der Waals surface area contributed by atoms with Gasteiger partial charge in [-0.1, -0.05) is 6.42 Å². The number of aliphatic hydroxyl groups excluding tert-OH is 2. The van der Waals surface area contributed by atoms with Gasteiger partial charge in [0, 0.05) is 13.0 Å². The normalized spacial score (nSPS) is 20.7. The molecule has 5 heteroatoms. The van der Waals surface area contributed by atoms with Crippen molar-refractivity contribution in [3.63, 3.8) is 0 Å². The standard InChI is InChI=1S/C9H17NO4/c11-6-8(12)7-14-10-5-3-1-2-4-9(10)13/h8,11-12H,1-7H2. The van der Waals surface area contributed by atoms with Gasteiger partial charge in [0.05, 0.1) is 6.61 Å². The molecule has 5 nitrogen and oxygen atoms in total. The number of rotatable bonds is 4. The van der Waals surface area contributed by atoms with Crippen LogP contribution in [0.25, 0.3) is 0 Å². The lowest BCUT2D eigenvalue weighted by atomic mass is 10.2. The summed E-state index contributed by atoms with van der Waals surface area (Å²) in [6, 6.07) is 0. The van der Waals surface area contributed by atoms with Crippen LogP contribution in [0, 0.1) is 0 Å². The first-order valence-electron chi connectivity index (χ1n) is 4.96. The zero-order valence-corrected chi connectivity index (χ0v) is 8.19. The lowest BCUT2D eigenvalue weighted by Gasteiger charge is -2.20. The molecule has 82 valence electrons. The van der Waals surface area contributed by atoms with E-state index in [2.05, 4.69) is 0 Å². The fourth-order valence-electron chi connectivity index (χ4n) is 1.32. The highest BCUT2D eigenvalue weighted by molar-refractivity contribution is 5.75. The van der Waals surface area contributed by atoms with Gasteiger partial charge in [-0.2, -0.15) is 0 Å². The first-order chi connectivity index (χ1) is 6.74. The second-order valence-corrected chi connectivity index (χ2v) is 3.44. The van der Waals surface area contributed by atoms with Crippen molar-refractivity contribution in [1.82, 2.24) is 5.06 Å². The van der Waals surface area contributed by atoms with Gasteiger partial charge in [-0.3, -0.25) is 9.63 Å². The Hall–Kier alpha value is -0.650. The van der Waals surface area contributed by atoms with E-state index in [1.807, 2.05) is 0 Å². The third-order valence-corrected chi connectivity index (χ3v) is 2.16. The van der Waals surface area contributed by atoms with Gasteiger partial charge < -0.3 is 10.2 Å². The predicted octanol–water partition coefficient (Wildman–Crippen LogP) is -0.326. The van der Waals surface area contributed by atoms with Crippen molar-refractivity contribution in [2.24, 2.45) is 0 Å². The number of hydrogen-bond donors (Lipinski definition) is 2. The Morgan fingerprint density at radius 1 is 1.43 bits per heavy atom. The van der Waals surface area contributed by atoms with Crippen molar-refractivity contribution in [3.05, 3.63) is 0 Å². The molecule has 1 rings (SSSR count). The molecule has 0 aliphatic carbocycles. The summed E-state index contributed by atoms with van der Waals surface area (Å²) in [6.07, 6.45) is 2.47. The zero-order valence-electron chi connectivity index (χ0n) is 8.19. The van der Waals surface area contributed by atoms with E-state index in [9.17, 15) is 4.79 Å². The minimum absolute atomic E-state index is 0.0256. The molecular weight excluding hydrogens is 186 g/mol. The van der Waals surface area contributed by atoms with E-state index in [0.29, 0.717) is 13.0 Å². The molecule has 1 aliphatic rings. The minimum atomic E-state index is -0.911. The topological polar surface area (TPSA) is 70.0 Å². The third-order valence-electron chi connectivity index (χ3n) is 2.16. The number of hydrogen-bond acceptors (Lipinski definition) is 4. The van der Waals surface area contributed by atoms with E-state index in [1.54, 1.807) is 0 Å². The first kappa shape index (κ1) is 11.4. The van der Waals surface area contributed by atoms with Gasteiger partial charge in [0.25, 0.3) is 0 Å². The minimum Gasteiger partial charge on any atom is -0.394 e. The van der Waals surface area contributed by atoms with Gasteiger partial charge in [-0.25, -0.2) is 5.06 Å². The average molecular weight is 203 g/mol. The maximum atomic E-state index is 11.4. The molecule has 0 aromatic heterocycles. The van der Waals surface area contributed by atoms with Crippen LogP contribution in [0.2, 0.25) is 0 Å². The van der Waals surface area contributed by atoms with E-state index in [1.165, 1.54) is 5.06 Å². The molecule has 0 aromatic carbocycles. The van der Waals surface area contributed by atoms with Gasteiger partial charge >= 0.3 is 0 Å². The molecule has 0 radical (unpaired) electrons. The van der Waals surface area contributed by atoms with Crippen LogP contribution in [0.1, 0.15) is 25.7 Å². The molecule has 0 bridgehead atoms. The number of carbonyl (C=O) groups excluding carboxylic acids is 1. The van der Waals surface area contributed by atoms with Gasteiger partial charge in [-0.15, -0.1) is 0 Å². The van der Waals surface area contributed by atoms with E-state index < -0.39 is 6.10 Å². The molecule has 1 unspecified atom stereocenters. The van der Waals surface area contributed by atoms with Crippen LogP contribution in [0.15, 0.2) is 0 Å². The SMILES string of the molecule is O=C1CCCCCN1OCC(O)CO. The van der Waals surface area contributed by atoms with Crippen molar-refractivity contribution in [2.45, 2.75) is 31.8 Å². The molecule has 0 aromatic rings. The summed E-state index contributed by atoms with van der Waals surface area (Å²) in [4.78, 5) is 16.5. The first-order valence-corrected chi connectivity index (χ1v) is 4.96. The Labute approximate surface area is 83.2 Å². The number of hydroxylamine groups is 2. The predicted molar refractivity (Wildman–Crippen MR) is 49.2 cm³/mol. The number of aliphatic hydroxyl groups is 2. The van der Waals surface area contributed by atoms with Gasteiger partial charge in [0.15, 0.2) is 0 Å². The second kappa shape index (κ2) is 5.95. The summed E-state index contributed by atoms with van der Waals surface area (Å²) in [5, 5.41) is 18.9. The van der Waals surface area contributed by atoms with Crippen molar-refractivity contribution in [3.8, 4) is 0 Å². The number of carbonyl (C=O) groups is 1. The summed E-state index contributed by atoms with van der Waals surface area (Å²) in [5.41, 5.74) is 0. The molecule has 2 N–H and O–H groups in total. The van der Waals surface area contributed by atoms with E-state index in [4.69, 9.17) is 15.1 Å². The molecule has 0 spiro atoms. The molecular formula is C9H17NO4. The van der Waals surface area contributed by atoms with Crippen molar-refractivity contribution < 1.29 is 19.8 Å². The molecule has 1 aliphatic heterocycles. The molecule has 1 atom stereocenters. The van der Waals surface area contributed by atoms with Crippen LogP contribution in [0.4, 0.5) is 0 Å². The Morgan fingerprint density at radius 2 is 2.21 bits per heavy atom. The highest BCUT2D eigenvalue weighted by Gasteiger charge is 2.18. The van der Waals surface area contributed by atoms with Crippen LogP contribution in [-0.2, 0) is 9.63 Å². The molecule has 1 amide bonds. The summed E-state index contributed by atoms with van der Waals surface area (Å²) in [5.74, 6) is -0.0346. The maximum Gasteiger partial charge on any atom is 0.246 e. The van der Waals surface area contributed by atoms with E-state index in [0.717, 1.165) is 19.3 Å². The monoisotopic (exact) mass is 203 g/mol. The Kier molecular flexibility index (Phi) is 4.86. The second-order valence-electron chi connectivity index (χ2n) is 3.44. The van der Waals surface area contributed by atoms with Gasteiger partial charge in [-0.05, 0) is 12.8 Å². The van der Waals surface area contributed by atoms with Gasteiger partial charge in [0.2, 0.25) is 5.91 Å². The van der Waals surface area contributed by atoms with Crippen molar-refractivity contribution in [2.75, 3.05) is 19.8 Å². The molecule has 1 saturated heterocycles. The van der Waals surface area contributed by atoms with Crippen LogP contribution >= 0.6 is 0 Å². The molecule has 0 saturated carbocycles. The Bertz CT molecular complexity index is 186. The maximum absolute atomic E-state index is 11.4. The summed E-state index contributed by atoms with van der Waals surface area (Å²) in [7, 11) is 0. The van der Waals surface area contributed by atoms with Crippen LogP contribution < -0.4 is 0 Å². The molecule has 1 fully saturated rings. The Morgan fingerprint density at radius 3 is 2.93 bits per heavy atom. The number of amides is 1. The lowest BCUT2D eigenvalue weighted by Crippen LogP contribution is -2.34. The van der Waals surface area contributed by atoms with E-state index >= 15 is 0 Å². The number of nitrogens with zero attached hydrogens (tertiary/aromatic N) is 1. The molecule has 1 heterocycles. The van der Waals surface area contributed by atoms with Crippen LogP contribution in [0.5, 0.6) is 0 Å². The fraction of sp³-hybridized carbons (Fsp3) is 0.889. The average Bonchev–Trinajstić information content (AvgIpc) is 2.39. The summed E-state index contributed by atoms with van der Waals surface area (Å²) in [6.45, 7) is 0.210. The third kappa shape index (κ3) is 3.61. The van der Waals surface area contributed by atoms with Crippen LogP contribution in [0.3, 0.4) is 0 Å². The van der Waals surface area contributed by atoms with Crippen molar-refractivity contribution >= 4 is 5.91 Å². The smallest absolute Gasteiger partial charge is 0.246 e. The highest BCUT2D eigenvalue weighted by Crippen LogP contribution is 2.11. The van der Waals surface area contributed by atoms with E-state index in [-0.39, 0.29) is 19.1 Å². The fourth-order valence-corrected chi connectivity index (χ4v) is 1.32. The summed E-state index contributed by atoms with van der Waals surface area (Å²) < 4.78 is 0. The quantitative estimate of drug-likeness (QED) is 0.656. The highest BCUT2D eigenvalue weighted by atomic mass is 16.7. The Balaban J connectivity index is 2.29.